The molecule has 2 rings (SSSR count). The van der Waals surface area contributed by atoms with Gasteiger partial charge in [-0.1, -0.05) is 0 Å². The maximum Gasteiger partial charge on any atom is 0.146 e. The topological polar surface area (TPSA) is 53.2 Å². The predicted molar refractivity (Wildman–Crippen MR) is 50.0 cm³/mol. The number of carbonyl (C=O) groups excluding carboxylic acids is 1. The molecule has 0 unspecified atom stereocenters. The van der Waals surface area contributed by atoms with Crippen LogP contribution in [0.2, 0.25) is 0 Å². The van der Waals surface area contributed by atoms with Crippen LogP contribution in [0.4, 0.5) is 0 Å². The van der Waals surface area contributed by atoms with Crippen molar-refractivity contribution >= 4 is 5.94 Å². The van der Waals surface area contributed by atoms with Crippen molar-refractivity contribution in [1.29, 1.82) is 0 Å². The minimum atomic E-state index is 0.107. The molecular weight excluding hydrogens is 166 g/mol. The zero-order valence-corrected chi connectivity index (χ0v) is 7.65. The minimum Gasteiger partial charge on any atom is -0.372 e. The summed E-state index contributed by atoms with van der Waals surface area (Å²) in [5, 5.41) is 9.88. The van der Waals surface area contributed by atoms with E-state index in [9.17, 15) is 4.79 Å². The first-order chi connectivity index (χ1) is 6.35. The van der Waals surface area contributed by atoms with Gasteiger partial charge in [-0.15, -0.1) is 0 Å². The first-order valence-corrected chi connectivity index (χ1v) is 4.78. The Labute approximate surface area is 77.8 Å². The fourth-order valence-electron chi connectivity index (χ4n) is 2.10. The summed E-state index contributed by atoms with van der Waals surface area (Å²) in [6, 6.07) is 0. The van der Waals surface area contributed by atoms with Crippen molar-refractivity contribution < 1.29 is 4.79 Å². The van der Waals surface area contributed by atoms with Crippen molar-refractivity contribution in [3.8, 4) is 0 Å². The normalized spacial score (nSPS) is 26.6. The molecule has 3 N–H and O–H groups in total. The highest BCUT2D eigenvalue weighted by Gasteiger charge is 2.34. The zero-order valence-electron chi connectivity index (χ0n) is 7.65. The average Bonchev–Trinajstić information content (AvgIpc) is 2.19. The molecule has 72 valence electrons. The number of rotatable bonds is 0. The van der Waals surface area contributed by atoms with E-state index in [1.807, 2.05) is 5.94 Å². The lowest BCUT2D eigenvalue weighted by molar-refractivity contribution is 0.233. The molecule has 4 heteroatoms. The Bertz CT molecular complexity index is 234. The Morgan fingerprint density at radius 2 is 2.00 bits per heavy atom. The fourth-order valence-corrected chi connectivity index (χ4v) is 2.10. The minimum absolute atomic E-state index is 0.107. The molecule has 2 fully saturated rings. The Hall–Kier alpha value is -0.830. The van der Waals surface area contributed by atoms with Crippen LogP contribution in [0.25, 0.3) is 0 Å². The Morgan fingerprint density at radius 3 is 2.69 bits per heavy atom. The van der Waals surface area contributed by atoms with E-state index in [4.69, 9.17) is 0 Å². The van der Waals surface area contributed by atoms with Crippen molar-refractivity contribution in [2.75, 3.05) is 26.2 Å². The lowest BCUT2D eigenvalue weighted by Gasteiger charge is -2.42. The first kappa shape index (κ1) is 8.75. The van der Waals surface area contributed by atoms with Crippen LogP contribution < -0.4 is 16.0 Å². The molecule has 0 aliphatic carbocycles. The predicted octanol–water partition coefficient (Wildman–Crippen LogP) is -0.983. The van der Waals surface area contributed by atoms with Gasteiger partial charge in [-0.05, 0) is 25.9 Å². The highest BCUT2D eigenvalue weighted by Crippen LogP contribution is 2.20. The maximum absolute atomic E-state index is 10.5. The molecule has 0 bridgehead atoms. The third kappa shape index (κ3) is 1.75. The van der Waals surface area contributed by atoms with Gasteiger partial charge in [0.1, 0.15) is 11.6 Å². The van der Waals surface area contributed by atoms with Crippen LogP contribution in [0.1, 0.15) is 12.8 Å². The molecule has 2 heterocycles. The molecule has 2 aliphatic heterocycles. The standard InChI is InChI=1S/C9H15N3O/c13-6-8-5-11-7-9(12-8)1-3-10-4-2-9/h10-12H,1-5,7H2. The third-order valence-corrected chi connectivity index (χ3v) is 2.87. The van der Waals surface area contributed by atoms with Gasteiger partial charge in [0.2, 0.25) is 0 Å². The summed E-state index contributed by atoms with van der Waals surface area (Å²) in [4.78, 5) is 10.5. The van der Waals surface area contributed by atoms with Crippen molar-refractivity contribution in [1.82, 2.24) is 16.0 Å². The molecule has 0 amide bonds. The van der Waals surface area contributed by atoms with Crippen LogP contribution >= 0.6 is 0 Å². The smallest absolute Gasteiger partial charge is 0.146 e. The second-order valence-electron chi connectivity index (χ2n) is 3.84. The van der Waals surface area contributed by atoms with Gasteiger partial charge in [0, 0.05) is 13.1 Å². The second-order valence-corrected chi connectivity index (χ2v) is 3.84. The van der Waals surface area contributed by atoms with Crippen molar-refractivity contribution in [3.63, 3.8) is 0 Å². The highest BCUT2D eigenvalue weighted by atomic mass is 16.1. The SMILES string of the molecule is O=C=C1CNCC2(CCNCC2)N1. The van der Waals surface area contributed by atoms with Crippen LogP contribution in [-0.4, -0.2) is 37.7 Å². The number of piperidine rings is 1. The molecule has 0 aromatic heterocycles. The quantitative estimate of drug-likeness (QED) is 0.420. The van der Waals surface area contributed by atoms with Gasteiger partial charge in [-0.3, -0.25) is 0 Å². The summed E-state index contributed by atoms with van der Waals surface area (Å²) in [7, 11) is 0. The van der Waals surface area contributed by atoms with Crippen molar-refractivity contribution in [2.45, 2.75) is 18.4 Å². The van der Waals surface area contributed by atoms with E-state index in [1.54, 1.807) is 0 Å². The summed E-state index contributed by atoms with van der Waals surface area (Å²) in [6.45, 7) is 3.65. The van der Waals surface area contributed by atoms with Crippen molar-refractivity contribution in [3.05, 3.63) is 5.70 Å². The lowest BCUT2D eigenvalue weighted by atomic mass is 9.86. The highest BCUT2D eigenvalue weighted by molar-refractivity contribution is 5.53. The summed E-state index contributed by atoms with van der Waals surface area (Å²) >= 11 is 0. The zero-order chi connectivity index (χ0) is 9.15. The van der Waals surface area contributed by atoms with Gasteiger partial charge < -0.3 is 16.0 Å². The van der Waals surface area contributed by atoms with E-state index < -0.39 is 0 Å². The molecule has 1 spiro atoms. The van der Waals surface area contributed by atoms with E-state index in [2.05, 4.69) is 16.0 Å². The van der Waals surface area contributed by atoms with Gasteiger partial charge in [0.15, 0.2) is 0 Å². The molecule has 0 aromatic rings. The molecule has 0 atom stereocenters. The Kier molecular flexibility index (Phi) is 2.36. The van der Waals surface area contributed by atoms with Gasteiger partial charge in [0.05, 0.1) is 5.54 Å². The van der Waals surface area contributed by atoms with Crippen molar-refractivity contribution in [2.24, 2.45) is 0 Å². The summed E-state index contributed by atoms with van der Waals surface area (Å²) in [6.07, 6.45) is 2.15. The Balaban J connectivity index is 2.08. The summed E-state index contributed by atoms with van der Waals surface area (Å²) in [5.74, 6) is 1.95. The van der Waals surface area contributed by atoms with E-state index in [1.165, 1.54) is 0 Å². The molecule has 0 aromatic carbocycles. The number of hydrogen-bond donors (Lipinski definition) is 3. The van der Waals surface area contributed by atoms with Crippen LogP contribution in [0.15, 0.2) is 5.70 Å². The van der Waals surface area contributed by atoms with Crippen LogP contribution in [0.5, 0.6) is 0 Å². The van der Waals surface area contributed by atoms with Gasteiger partial charge in [0.25, 0.3) is 0 Å². The molecular formula is C9H15N3O. The largest absolute Gasteiger partial charge is 0.372 e. The fraction of sp³-hybridized carbons (Fsp3) is 0.778. The van der Waals surface area contributed by atoms with E-state index in [0.717, 1.165) is 32.5 Å². The Morgan fingerprint density at radius 1 is 1.23 bits per heavy atom. The van der Waals surface area contributed by atoms with Crippen LogP contribution in [0, 0.1) is 0 Å². The monoisotopic (exact) mass is 181 g/mol. The number of hydrogen-bond acceptors (Lipinski definition) is 4. The molecule has 0 saturated carbocycles. The molecule has 2 aliphatic rings. The van der Waals surface area contributed by atoms with Gasteiger partial charge in [-0.2, -0.15) is 0 Å². The third-order valence-electron chi connectivity index (χ3n) is 2.87. The molecule has 2 saturated heterocycles. The van der Waals surface area contributed by atoms with Crippen LogP contribution in [-0.2, 0) is 4.79 Å². The summed E-state index contributed by atoms with van der Waals surface area (Å²) in [5.41, 5.74) is 0.782. The molecule has 4 nitrogen and oxygen atoms in total. The van der Waals surface area contributed by atoms with Gasteiger partial charge in [-0.25, -0.2) is 4.79 Å². The van der Waals surface area contributed by atoms with Crippen LogP contribution in [0.3, 0.4) is 0 Å². The molecule has 0 radical (unpaired) electrons. The van der Waals surface area contributed by atoms with E-state index in [0.29, 0.717) is 12.2 Å². The number of piperazine rings is 1. The second kappa shape index (κ2) is 3.50. The van der Waals surface area contributed by atoms with Gasteiger partial charge >= 0.3 is 0 Å². The number of nitrogens with one attached hydrogen (secondary N) is 3. The molecule has 13 heavy (non-hydrogen) atoms. The average molecular weight is 181 g/mol. The lowest BCUT2D eigenvalue weighted by Crippen LogP contribution is -2.61. The summed E-state index contributed by atoms with van der Waals surface area (Å²) < 4.78 is 0. The van der Waals surface area contributed by atoms with E-state index in [-0.39, 0.29) is 5.54 Å². The van der Waals surface area contributed by atoms with E-state index >= 15 is 0 Å². The first-order valence-electron chi connectivity index (χ1n) is 4.78. The maximum atomic E-state index is 10.5.